The number of hydrogen-bond acceptors (Lipinski definition) is 4. The van der Waals surface area contributed by atoms with E-state index in [1.54, 1.807) is 18.1 Å². The minimum atomic E-state index is -0.0802. The molecule has 0 unspecified atom stereocenters. The lowest BCUT2D eigenvalue weighted by atomic mass is 10.2. The highest BCUT2D eigenvalue weighted by Crippen LogP contribution is 2.38. The summed E-state index contributed by atoms with van der Waals surface area (Å²) >= 11 is 0. The van der Waals surface area contributed by atoms with Crippen LogP contribution in [0.15, 0.2) is 30.5 Å². The van der Waals surface area contributed by atoms with Crippen LogP contribution in [0.25, 0.3) is 0 Å². The Bertz CT molecular complexity index is 683. The van der Waals surface area contributed by atoms with E-state index >= 15 is 0 Å². The third-order valence-corrected chi connectivity index (χ3v) is 3.53. The number of fused-ring (bicyclic) bond motifs is 2. The quantitative estimate of drug-likeness (QED) is 0.797. The molecule has 0 N–H and O–H groups in total. The Morgan fingerprint density at radius 2 is 1.90 bits per heavy atom. The molecule has 0 fully saturated rings. The number of para-hydroxylation sites is 2. The second-order valence-electron chi connectivity index (χ2n) is 4.75. The van der Waals surface area contributed by atoms with Crippen LogP contribution in [-0.4, -0.2) is 29.5 Å². The van der Waals surface area contributed by atoms with Gasteiger partial charge in [0.2, 0.25) is 0 Å². The maximum atomic E-state index is 12.6. The Morgan fingerprint density at radius 3 is 2.60 bits per heavy atom. The van der Waals surface area contributed by atoms with Gasteiger partial charge in [-0.1, -0.05) is 12.1 Å². The molecule has 0 spiro atoms. The molecule has 102 valence electrons. The van der Waals surface area contributed by atoms with Gasteiger partial charge in [0.15, 0.2) is 0 Å². The molecular weight excluding hydrogens is 252 g/mol. The largest absolute Gasteiger partial charge is 0.324 e. The van der Waals surface area contributed by atoms with E-state index in [4.69, 9.17) is 0 Å². The van der Waals surface area contributed by atoms with Gasteiger partial charge in [-0.2, -0.15) is 0 Å². The van der Waals surface area contributed by atoms with E-state index in [0.29, 0.717) is 17.2 Å². The summed E-state index contributed by atoms with van der Waals surface area (Å²) in [5.41, 5.74) is 2.41. The molecule has 3 rings (SSSR count). The molecule has 0 atom stereocenters. The van der Waals surface area contributed by atoms with Crippen molar-refractivity contribution in [3.05, 3.63) is 41.9 Å². The van der Waals surface area contributed by atoms with Gasteiger partial charge >= 0.3 is 0 Å². The number of carbonyl (C=O) groups is 1. The molecule has 1 aliphatic heterocycles. The highest BCUT2D eigenvalue weighted by atomic mass is 16.2. The molecule has 5 heteroatoms. The van der Waals surface area contributed by atoms with Crippen LogP contribution in [0, 0.1) is 6.92 Å². The van der Waals surface area contributed by atoms with Crippen molar-refractivity contribution in [1.82, 2.24) is 9.97 Å². The second kappa shape index (κ2) is 4.59. The standard InChI is InChI=1S/C15H16N4O/c1-4-19-13-8-6-5-7-12(13)18(3)15(20)11-9-16-10(2)17-14(11)19/h5-9H,4H2,1-3H3. The predicted octanol–water partition coefficient (Wildman–Crippen LogP) is 2.53. The molecule has 0 radical (unpaired) electrons. The summed E-state index contributed by atoms with van der Waals surface area (Å²) in [5, 5.41) is 0. The van der Waals surface area contributed by atoms with E-state index in [9.17, 15) is 4.79 Å². The van der Waals surface area contributed by atoms with Crippen molar-refractivity contribution in [2.75, 3.05) is 23.4 Å². The summed E-state index contributed by atoms with van der Waals surface area (Å²) in [4.78, 5) is 24.9. The smallest absolute Gasteiger partial charge is 0.263 e. The first-order valence-electron chi connectivity index (χ1n) is 6.61. The van der Waals surface area contributed by atoms with E-state index < -0.39 is 0 Å². The number of rotatable bonds is 1. The number of hydrogen-bond donors (Lipinski definition) is 0. The van der Waals surface area contributed by atoms with Crippen molar-refractivity contribution in [2.45, 2.75) is 13.8 Å². The average Bonchev–Trinajstić information content (AvgIpc) is 2.55. The lowest BCUT2D eigenvalue weighted by Crippen LogP contribution is -2.25. The topological polar surface area (TPSA) is 49.3 Å². The van der Waals surface area contributed by atoms with Gasteiger partial charge in [0, 0.05) is 19.8 Å². The lowest BCUT2D eigenvalue weighted by Gasteiger charge is -2.24. The van der Waals surface area contributed by atoms with Crippen LogP contribution in [-0.2, 0) is 0 Å². The number of anilines is 3. The minimum absolute atomic E-state index is 0.0802. The number of benzene rings is 1. The zero-order valence-corrected chi connectivity index (χ0v) is 11.8. The molecule has 0 saturated carbocycles. The monoisotopic (exact) mass is 268 g/mol. The molecule has 2 aromatic rings. The summed E-state index contributed by atoms with van der Waals surface area (Å²) in [5.74, 6) is 1.27. The predicted molar refractivity (Wildman–Crippen MR) is 78.6 cm³/mol. The van der Waals surface area contributed by atoms with Crippen molar-refractivity contribution in [2.24, 2.45) is 0 Å². The molecule has 0 aliphatic carbocycles. The molecule has 1 aromatic carbocycles. The summed E-state index contributed by atoms with van der Waals surface area (Å²) in [6.07, 6.45) is 1.62. The summed E-state index contributed by atoms with van der Waals surface area (Å²) in [7, 11) is 1.78. The molecule has 2 heterocycles. The Hall–Kier alpha value is -2.43. The Morgan fingerprint density at radius 1 is 1.20 bits per heavy atom. The number of carbonyl (C=O) groups excluding carboxylic acids is 1. The second-order valence-corrected chi connectivity index (χ2v) is 4.75. The zero-order valence-electron chi connectivity index (χ0n) is 11.8. The molecule has 1 amide bonds. The Labute approximate surface area is 117 Å². The van der Waals surface area contributed by atoms with Gasteiger partial charge in [0.1, 0.15) is 17.2 Å². The van der Waals surface area contributed by atoms with E-state index in [1.807, 2.05) is 38.1 Å². The van der Waals surface area contributed by atoms with E-state index in [2.05, 4.69) is 14.9 Å². The minimum Gasteiger partial charge on any atom is -0.324 e. The van der Waals surface area contributed by atoms with Gasteiger partial charge in [-0.05, 0) is 26.0 Å². The van der Waals surface area contributed by atoms with Gasteiger partial charge in [0.25, 0.3) is 5.91 Å². The fourth-order valence-electron chi connectivity index (χ4n) is 2.51. The maximum absolute atomic E-state index is 12.6. The highest BCUT2D eigenvalue weighted by Gasteiger charge is 2.29. The van der Waals surface area contributed by atoms with Crippen molar-refractivity contribution in [3.8, 4) is 0 Å². The first kappa shape index (κ1) is 12.6. The summed E-state index contributed by atoms with van der Waals surface area (Å²) in [6, 6.07) is 7.86. The molecular formula is C15H16N4O. The van der Waals surface area contributed by atoms with Crippen LogP contribution in [0.2, 0.25) is 0 Å². The van der Waals surface area contributed by atoms with Crippen molar-refractivity contribution in [3.63, 3.8) is 0 Å². The van der Waals surface area contributed by atoms with Crippen molar-refractivity contribution < 1.29 is 4.79 Å². The zero-order chi connectivity index (χ0) is 14.3. The Balaban J connectivity index is 2.32. The van der Waals surface area contributed by atoms with E-state index in [0.717, 1.165) is 17.9 Å². The first-order chi connectivity index (χ1) is 9.63. The number of nitrogens with zero attached hydrogens (tertiary/aromatic N) is 4. The molecule has 1 aromatic heterocycles. The fraction of sp³-hybridized carbons (Fsp3) is 0.267. The maximum Gasteiger partial charge on any atom is 0.263 e. The van der Waals surface area contributed by atoms with Crippen LogP contribution < -0.4 is 9.80 Å². The third-order valence-electron chi connectivity index (χ3n) is 3.53. The summed E-state index contributed by atoms with van der Waals surface area (Å²) < 4.78 is 0. The fourth-order valence-corrected chi connectivity index (χ4v) is 2.51. The van der Waals surface area contributed by atoms with Crippen LogP contribution in [0.1, 0.15) is 23.1 Å². The van der Waals surface area contributed by atoms with Crippen molar-refractivity contribution in [1.29, 1.82) is 0 Å². The number of aromatic nitrogens is 2. The molecule has 5 nitrogen and oxygen atoms in total. The number of aryl methyl sites for hydroxylation is 1. The van der Waals surface area contributed by atoms with Gasteiger partial charge in [-0.15, -0.1) is 0 Å². The van der Waals surface area contributed by atoms with E-state index in [-0.39, 0.29) is 5.91 Å². The van der Waals surface area contributed by atoms with E-state index in [1.165, 1.54) is 0 Å². The molecule has 0 saturated heterocycles. The SMILES string of the molecule is CCN1c2ccccc2N(C)C(=O)c2cnc(C)nc21. The van der Waals surface area contributed by atoms with Gasteiger partial charge in [0.05, 0.1) is 11.4 Å². The lowest BCUT2D eigenvalue weighted by molar-refractivity contribution is 0.0993. The third kappa shape index (κ3) is 1.74. The van der Waals surface area contributed by atoms with Crippen LogP contribution in [0.5, 0.6) is 0 Å². The van der Waals surface area contributed by atoms with Gasteiger partial charge < -0.3 is 9.80 Å². The van der Waals surface area contributed by atoms with Crippen LogP contribution in [0.4, 0.5) is 17.2 Å². The van der Waals surface area contributed by atoms with Crippen LogP contribution in [0.3, 0.4) is 0 Å². The summed E-state index contributed by atoms with van der Waals surface area (Å²) in [6.45, 7) is 4.62. The average molecular weight is 268 g/mol. The van der Waals surface area contributed by atoms with Crippen LogP contribution >= 0.6 is 0 Å². The Kier molecular flexibility index (Phi) is 2.89. The molecule has 20 heavy (non-hydrogen) atoms. The normalized spacial score (nSPS) is 13.8. The first-order valence-corrected chi connectivity index (χ1v) is 6.61. The number of amides is 1. The highest BCUT2D eigenvalue weighted by molar-refractivity contribution is 6.12. The van der Waals surface area contributed by atoms with Crippen molar-refractivity contribution >= 4 is 23.1 Å². The molecule has 1 aliphatic rings. The molecule has 0 bridgehead atoms. The van der Waals surface area contributed by atoms with Gasteiger partial charge in [-0.25, -0.2) is 9.97 Å². The van der Waals surface area contributed by atoms with Gasteiger partial charge in [-0.3, -0.25) is 4.79 Å².